The summed E-state index contributed by atoms with van der Waals surface area (Å²) >= 11 is 0. The number of nitrogens with zero attached hydrogens (tertiary/aromatic N) is 2. The van der Waals surface area contributed by atoms with E-state index in [2.05, 4.69) is 17.1 Å². The highest BCUT2D eigenvalue weighted by Crippen LogP contribution is 2.24. The molecule has 0 bridgehead atoms. The highest BCUT2D eigenvalue weighted by atomic mass is 19.1. The maximum atomic E-state index is 13.2. The van der Waals surface area contributed by atoms with Crippen LogP contribution in [0.3, 0.4) is 0 Å². The number of hydrogen-bond acceptors (Lipinski definition) is 3. The van der Waals surface area contributed by atoms with Gasteiger partial charge < -0.3 is 9.30 Å². The van der Waals surface area contributed by atoms with Gasteiger partial charge in [-0.2, -0.15) is 0 Å². The van der Waals surface area contributed by atoms with Gasteiger partial charge in [0, 0.05) is 12.1 Å². The minimum absolute atomic E-state index is 0.152. The van der Waals surface area contributed by atoms with Crippen molar-refractivity contribution in [3.05, 3.63) is 88.2 Å². The largest absolute Gasteiger partial charge is 0.376 e. The number of fused-ring (bicyclic) bond motifs is 1. The van der Waals surface area contributed by atoms with Crippen LogP contribution >= 0.6 is 0 Å². The number of hydrogen-bond donors (Lipinski definition) is 0. The van der Waals surface area contributed by atoms with Gasteiger partial charge in [0.25, 0.3) is 5.56 Å². The summed E-state index contributed by atoms with van der Waals surface area (Å²) in [4.78, 5) is 16.2. The summed E-state index contributed by atoms with van der Waals surface area (Å²) in [5, 5.41) is 0. The van der Waals surface area contributed by atoms with Gasteiger partial charge in [-0.25, -0.2) is 4.39 Å². The molecule has 0 unspecified atom stereocenters. The number of rotatable bonds is 5. The molecule has 0 radical (unpaired) electrons. The molecule has 1 heterocycles. The first-order chi connectivity index (χ1) is 12.7. The van der Waals surface area contributed by atoms with Gasteiger partial charge in [-0.15, -0.1) is 0 Å². The normalized spacial score (nSPS) is 13.7. The Balaban J connectivity index is 1.46. The molecule has 1 aliphatic carbocycles. The molecule has 1 aromatic heterocycles. The Morgan fingerprint density at radius 2 is 1.73 bits per heavy atom. The van der Waals surface area contributed by atoms with E-state index in [1.807, 2.05) is 12.1 Å². The Morgan fingerprint density at radius 1 is 1.04 bits per heavy atom. The minimum Gasteiger partial charge on any atom is -0.376 e. The third kappa shape index (κ3) is 3.44. The van der Waals surface area contributed by atoms with Crippen molar-refractivity contribution < 1.29 is 9.13 Å². The fourth-order valence-electron chi connectivity index (χ4n) is 3.46. The van der Waals surface area contributed by atoms with Gasteiger partial charge in [0.15, 0.2) is 0 Å². The van der Waals surface area contributed by atoms with Gasteiger partial charge in [0.1, 0.15) is 5.82 Å². The molecule has 0 saturated heterocycles. The highest BCUT2D eigenvalue weighted by molar-refractivity contribution is 5.58. The molecule has 0 N–H and O–H groups in total. The van der Waals surface area contributed by atoms with Gasteiger partial charge in [0.2, 0.25) is 0 Å². The van der Waals surface area contributed by atoms with Gasteiger partial charge in [-0.05, 0) is 48.2 Å². The summed E-state index contributed by atoms with van der Waals surface area (Å²) in [6.07, 6.45) is 4.89. The second kappa shape index (κ2) is 7.22. The van der Waals surface area contributed by atoms with Crippen molar-refractivity contribution in [2.24, 2.45) is 0 Å². The number of aromatic nitrogens is 2. The van der Waals surface area contributed by atoms with Crippen molar-refractivity contribution in [3.63, 3.8) is 0 Å². The van der Waals surface area contributed by atoms with Crippen LogP contribution in [0, 0.1) is 5.82 Å². The lowest BCUT2D eigenvalue weighted by atomic mass is 10.1. The molecule has 0 atom stereocenters. The number of ether oxygens (including phenoxy) is 1. The van der Waals surface area contributed by atoms with E-state index < -0.39 is 0 Å². The Bertz CT molecular complexity index is 941. The minimum atomic E-state index is -0.310. The lowest BCUT2D eigenvalue weighted by Crippen LogP contribution is -2.25. The van der Waals surface area contributed by atoms with Crippen LogP contribution in [0.4, 0.5) is 4.39 Å². The topological polar surface area (TPSA) is 44.1 Å². The van der Waals surface area contributed by atoms with Crippen molar-refractivity contribution in [3.8, 4) is 11.3 Å². The van der Waals surface area contributed by atoms with E-state index in [1.54, 1.807) is 22.9 Å². The average molecular weight is 350 g/mol. The van der Waals surface area contributed by atoms with E-state index in [9.17, 15) is 9.18 Å². The molecule has 26 heavy (non-hydrogen) atoms. The van der Waals surface area contributed by atoms with E-state index in [0.29, 0.717) is 18.8 Å². The molecule has 0 aliphatic heterocycles. The molecule has 4 nitrogen and oxygen atoms in total. The van der Waals surface area contributed by atoms with Crippen molar-refractivity contribution in [2.75, 3.05) is 6.61 Å². The lowest BCUT2D eigenvalue weighted by molar-refractivity contribution is 0.0549. The first-order valence-corrected chi connectivity index (χ1v) is 8.70. The van der Waals surface area contributed by atoms with Crippen LogP contribution < -0.4 is 5.56 Å². The summed E-state index contributed by atoms with van der Waals surface area (Å²) in [6.45, 7) is 0.873. The molecule has 0 fully saturated rings. The van der Waals surface area contributed by atoms with Crippen LogP contribution in [0.1, 0.15) is 11.1 Å². The first-order valence-electron chi connectivity index (χ1n) is 8.70. The summed E-state index contributed by atoms with van der Waals surface area (Å²) < 4.78 is 20.8. The fraction of sp³-hybridized carbons (Fsp3) is 0.238. The number of halogens is 1. The second-order valence-corrected chi connectivity index (χ2v) is 6.46. The van der Waals surface area contributed by atoms with Gasteiger partial charge in [-0.1, -0.05) is 24.3 Å². The Kier molecular flexibility index (Phi) is 4.63. The zero-order chi connectivity index (χ0) is 17.9. The summed E-state index contributed by atoms with van der Waals surface area (Å²) in [7, 11) is 0. The molecule has 1 aliphatic rings. The molecule has 0 spiro atoms. The van der Waals surface area contributed by atoms with E-state index in [-0.39, 0.29) is 17.5 Å². The maximum absolute atomic E-state index is 13.2. The Hall–Kier alpha value is -2.79. The third-order valence-corrected chi connectivity index (χ3v) is 4.76. The predicted octanol–water partition coefficient (Wildman–Crippen LogP) is 3.23. The second-order valence-electron chi connectivity index (χ2n) is 6.46. The van der Waals surface area contributed by atoms with E-state index in [4.69, 9.17) is 4.74 Å². The van der Waals surface area contributed by atoms with Crippen LogP contribution in [0.5, 0.6) is 0 Å². The SMILES string of the molecule is O=c1cncc(-c2ccc(F)cc2)n1CCOC1Cc2ccccc2C1. The van der Waals surface area contributed by atoms with Crippen molar-refractivity contribution >= 4 is 0 Å². The van der Waals surface area contributed by atoms with Crippen LogP contribution in [0.25, 0.3) is 11.3 Å². The van der Waals surface area contributed by atoms with E-state index in [0.717, 1.165) is 18.4 Å². The quantitative estimate of drug-likeness (QED) is 0.710. The zero-order valence-electron chi connectivity index (χ0n) is 14.3. The molecule has 2 aromatic carbocycles. The highest BCUT2D eigenvalue weighted by Gasteiger charge is 2.21. The van der Waals surface area contributed by atoms with E-state index >= 15 is 0 Å². The summed E-state index contributed by atoms with van der Waals surface area (Å²) in [5.41, 5.74) is 3.90. The van der Waals surface area contributed by atoms with Crippen LogP contribution in [0.2, 0.25) is 0 Å². The third-order valence-electron chi connectivity index (χ3n) is 4.76. The Morgan fingerprint density at radius 3 is 2.42 bits per heavy atom. The number of benzene rings is 2. The van der Waals surface area contributed by atoms with Crippen LogP contribution in [-0.4, -0.2) is 22.3 Å². The first kappa shape index (κ1) is 16.7. The van der Waals surface area contributed by atoms with Crippen molar-refractivity contribution in [2.45, 2.75) is 25.5 Å². The Labute approximate surface area is 150 Å². The van der Waals surface area contributed by atoms with Crippen molar-refractivity contribution in [1.29, 1.82) is 0 Å². The monoisotopic (exact) mass is 350 g/mol. The molecule has 3 aromatic rings. The molecule has 5 heteroatoms. The maximum Gasteiger partial charge on any atom is 0.269 e. The zero-order valence-corrected chi connectivity index (χ0v) is 14.3. The fourth-order valence-corrected chi connectivity index (χ4v) is 3.46. The molecule has 0 amide bonds. The predicted molar refractivity (Wildman–Crippen MR) is 97.5 cm³/mol. The molecular formula is C21H19FN2O2. The molecule has 132 valence electrons. The molecule has 4 rings (SSSR count). The summed E-state index contributed by atoms with van der Waals surface area (Å²) in [6, 6.07) is 14.4. The van der Waals surface area contributed by atoms with Crippen molar-refractivity contribution in [1.82, 2.24) is 9.55 Å². The van der Waals surface area contributed by atoms with Crippen LogP contribution in [-0.2, 0) is 24.1 Å². The smallest absolute Gasteiger partial charge is 0.269 e. The molecule has 0 saturated carbocycles. The standard InChI is InChI=1S/C21H19FN2O2/c22-18-7-5-15(6-8-18)20-13-23-14-21(25)24(20)9-10-26-19-11-16-3-1-2-4-17(16)12-19/h1-8,13-14,19H,9-12H2. The average Bonchev–Trinajstić information content (AvgIpc) is 3.06. The van der Waals surface area contributed by atoms with Gasteiger partial charge in [0.05, 0.1) is 30.8 Å². The van der Waals surface area contributed by atoms with Gasteiger partial charge >= 0.3 is 0 Å². The van der Waals surface area contributed by atoms with Crippen LogP contribution in [0.15, 0.2) is 65.7 Å². The molecular weight excluding hydrogens is 331 g/mol. The van der Waals surface area contributed by atoms with Gasteiger partial charge in [-0.3, -0.25) is 9.78 Å². The van der Waals surface area contributed by atoms with E-state index in [1.165, 1.54) is 29.5 Å². The lowest BCUT2D eigenvalue weighted by Gasteiger charge is -2.15. The summed E-state index contributed by atoms with van der Waals surface area (Å²) in [5.74, 6) is -0.310.